The lowest BCUT2D eigenvalue weighted by Crippen LogP contribution is -2.37. The number of hydroxylamine groups is 2. The van der Waals surface area contributed by atoms with E-state index < -0.39 is 0 Å². The fraction of sp³-hybridized carbons (Fsp3) is 0.286. The second kappa shape index (κ2) is 5.34. The predicted molar refractivity (Wildman–Crippen MR) is 69.6 cm³/mol. The van der Waals surface area contributed by atoms with E-state index >= 15 is 0 Å². The zero-order valence-electron chi connectivity index (χ0n) is 10.4. The third-order valence-corrected chi connectivity index (χ3v) is 3.01. The molecule has 0 unspecified atom stereocenters. The van der Waals surface area contributed by atoms with Crippen molar-refractivity contribution in [1.29, 1.82) is 0 Å². The van der Waals surface area contributed by atoms with Crippen LogP contribution in [0.2, 0.25) is 0 Å². The smallest absolute Gasteiger partial charge is 0.358 e. The Morgan fingerprint density at radius 2 is 2.05 bits per heavy atom. The molecule has 1 aromatic carbocycles. The number of benzene rings is 1. The minimum atomic E-state index is -0.375. The van der Waals surface area contributed by atoms with Gasteiger partial charge in [0.1, 0.15) is 0 Å². The van der Waals surface area contributed by atoms with E-state index in [1.54, 1.807) is 17.3 Å². The summed E-state index contributed by atoms with van der Waals surface area (Å²) in [5, 5.41) is 2.56. The van der Waals surface area contributed by atoms with Crippen LogP contribution < -0.4 is 0 Å². The highest BCUT2D eigenvalue weighted by molar-refractivity contribution is 5.93. The molecule has 2 aromatic rings. The minimum absolute atomic E-state index is 0.375. The van der Waals surface area contributed by atoms with Gasteiger partial charge in [0.25, 0.3) is 0 Å². The Kier molecular flexibility index (Phi) is 3.39. The number of aromatic nitrogens is 1. The van der Waals surface area contributed by atoms with Crippen molar-refractivity contribution in [3.05, 3.63) is 42.1 Å². The van der Waals surface area contributed by atoms with E-state index in [1.807, 2.05) is 24.3 Å². The molecule has 0 saturated carbocycles. The first-order valence-corrected chi connectivity index (χ1v) is 6.23. The number of rotatable bonds is 2. The van der Waals surface area contributed by atoms with Crippen LogP contribution in [0.3, 0.4) is 0 Å². The van der Waals surface area contributed by atoms with Gasteiger partial charge in [-0.15, -0.1) is 5.06 Å². The van der Waals surface area contributed by atoms with Crippen LogP contribution in [0.25, 0.3) is 10.9 Å². The number of ether oxygens (including phenoxy) is 1. The van der Waals surface area contributed by atoms with Gasteiger partial charge in [-0.3, -0.25) is 4.98 Å². The standard InChI is InChI=1S/C14H14N2O3/c17-14(19-16-5-7-18-8-6-16)12-9-11-3-1-2-4-13(11)15-10-12/h1-4,9-10H,5-8H2. The van der Waals surface area contributed by atoms with Crippen molar-refractivity contribution in [3.63, 3.8) is 0 Å². The highest BCUT2D eigenvalue weighted by Crippen LogP contribution is 2.14. The fourth-order valence-electron chi connectivity index (χ4n) is 1.99. The summed E-state index contributed by atoms with van der Waals surface area (Å²) < 4.78 is 5.20. The van der Waals surface area contributed by atoms with Crippen LogP contribution in [0.15, 0.2) is 36.5 Å². The quantitative estimate of drug-likeness (QED) is 0.819. The van der Waals surface area contributed by atoms with Gasteiger partial charge < -0.3 is 9.57 Å². The van der Waals surface area contributed by atoms with Gasteiger partial charge in [0.15, 0.2) is 0 Å². The first-order valence-electron chi connectivity index (χ1n) is 6.23. The van der Waals surface area contributed by atoms with Gasteiger partial charge in [0, 0.05) is 11.6 Å². The molecule has 0 N–H and O–H groups in total. The van der Waals surface area contributed by atoms with Crippen LogP contribution in [0.1, 0.15) is 10.4 Å². The fourth-order valence-corrected chi connectivity index (χ4v) is 1.99. The number of pyridine rings is 1. The van der Waals surface area contributed by atoms with Crippen LogP contribution in [0.4, 0.5) is 0 Å². The number of para-hydroxylation sites is 1. The van der Waals surface area contributed by atoms with E-state index in [4.69, 9.17) is 9.57 Å². The number of morpholine rings is 1. The molecule has 0 atom stereocenters. The summed E-state index contributed by atoms with van der Waals surface area (Å²) in [6, 6.07) is 9.47. The number of fused-ring (bicyclic) bond motifs is 1. The van der Waals surface area contributed by atoms with Crippen LogP contribution >= 0.6 is 0 Å². The number of hydrogen-bond acceptors (Lipinski definition) is 5. The van der Waals surface area contributed by atoms with Gasteiger partial charge in [-0.25, -0.2) is 4.79 Å². The van der Waals surface area contributed by atoms with Gasteiger partial charge in [0.05, 0.1) is 37.4 Å². The van der Waals surface area contributed by atoms with Gasteiger partial charge in [-0.2, -0.15) is 0 Å². The second-order valence-electron chi connectivity index (χ2n) is 4.34. The van der Waals surface area contributed by atoms with Crippen LogP contribution in [-0.4, -0.2) is 42.3 Å². The molecule has 98 valence electrons. The first kappa shape index (κ1) is 12.1. The number of carbonyl (C=O) groups excluding carboxylic acids is 1. The van der Waals surface area contributed by atoms with E-state index in [2.05, 4.69) is 4.98 Å². The Morgan fingerprint density at radius 1 is 1.26 bits per heavy atom. The molecule has 1 aromatic heterocycles. The molecule has 5 nitrogen and oxygen atoms in total. The van der Waals surface area contributed by atoms with Gasteiger partial charge in [0.2, 0.25) is 0 Å². The maximum atomic E-state index is 12.0. The van der Waals surface area contributed by atoms with Crippen LogP contribution in [-0.2, 0) is 9.57 Å². The molecule has 0 bridgehead atoms. The molecular weight excluding hydrogens is 244 g/mol. The third kappa shape index (κ3) is 2.72. The minimum Gasteiger partial charge on any atom is -0.379 e. The van der Waals surface area contributed by atoms with Gasteiger partial charge in [-0.1, -0.05) is 18.2 Å². The van der Waals surface area contributed by atoms with Crippen molar-refractivity contribution < 1.29 is 14.4 Å². The second-order valence-corrected chi connectivity index (χ2v) is 4.34. The molecule has 1 aliphatic rings. The van der Waals surface area contributed by atoms with Crippen molar-refractivity contribution in [1.82, 2.24) is 10.0 Å². The Morgan fingerprint density at radius 3 is 2.89 bits per heavy atom. The maximum Gasteiger partial charge on any atom is 0.358 e. The Balaban J connectivity index is 1.77. The zero-order valence-corrected chi connectivity index (χ0v) is 10.4. The average molecular weight is 258 g/mol. The van der Waals surface area contributed by atoms with E-state index in [-0.39, 0.29) is 5.97 Å². The summed E-state index contributed by atoms with van der Waals surface area (Å²) in [6.45, 7) is 2.38. The molecule has 1 saturated heterocycles. The number of hydrogen-bond donors (Lipinski definition) is 0. The van der Waals surface area contributed by atoms with Crippen molar-refractivity contribution in [2.24, 2.45) is 0 Å². The highest BCUT2D eigenvalue weighted by Gasteiger charge is 2.17. The Labute approximate surface area is 110 Å². The lowest BCUT2D eigenvalue weighted by atomic mass is 10.2. The summed E-state index contributed by atoms with van der Waals surface area (Å²) in [4.78, 5) is 21.6. The van der Waals surface area contributed by atoms with Gasteiger partial charge >= 0.3 is 5.97 Å². The maximum absolute atomic E-state index is 12.0. The van der Waals surface area contributed by atoms with Crippen molar-refractivity contribution >= 4 is 16.9 Å². The summed E-state index contributed by atoms with van der Waals surface area (Å²) in [5.41, 5.74) is 1.33. The molecule has 1 fully saturated rings. The Bertz CT molecular complexity index is 594. The van der Waals surface area contributed by atoms with Crippen LogP contribution in [0, 0.1) is 0 Å². The normalized spacial score (nSPS) is 16.4. The average Bonchev–Trinajstić information content (AvgIpc) is 2.48. The van der Waals surface area contributed by atoms with Crippen LogP contribution in [0.5, 0.6) is 0 Å². The molecule has 0 radical (unpaired) electrons. The number of carbonyl (C=O) groups is 1. The molecule has 0 aliphatic carbocycles. The molecule has 2 heterocycles. The molecule has 0 spiro atoms. The topological polar surface area (TPSA) is 51.7 Å². The monoisotopic (exact) mass is 258 g/mol. The molecule has 3 rings (SSSR count). The van der Waals surface area contributed by atoms with Crippen molar-refractivity contribution in [2.45, 2.75) is 0 Å². The molecule has 5 heteroatoms. The predicted octanol–water partition coefficient (Wildman–Crippen LogP) is 1.64. The summed E-state index contributed by atoms with van der Waals surface area (Å²) in [5.74, 6) is -0.375. The zero-order chi connectivity index (χ0) is 13.1. The van der Waals surface area contributed by atoms with Crippen molar-refractivity contribution in [3.8, 4) is 0 Å². The largest absolute Gasteiger partial charge is 0.379 e. The summed E-state index contributed by atoms with van der Waals surface area (Å²) in [6.07, 6.45) is 1.55. The van der Waals surface area contributed by atoms with Gasteiger partial charge in [-0.05, 0) is 12.1 Å². The first-order chi connectivity index (χ1) is 9.33. The Hall–Kier alpha value is -1.98. The van der Waals surface area contributed by atoms with E-state index in [0.29, 0.717) is 31.9 Å². The summed E-state index contributed by atoms with van der Waals surface area (Å²) >= 11 is 0. The van der Waals surface area contributed by atoms with E-state index in [1.165, 1.54) is 0 Å². The van der Waals surface area contributed by atoms with E-state index in [0.717, 1.165) is 10.9 Å². The number of nitrogens with zero attached hydrogens (tertiary/aromatic N) is 2. The summed E-state index contributed by atoms with van der Waals surface area (Å²) in [7, 11) is 0. The lowest BCUT2D eigenvalue weighted by molar-refractivity contribution is -0.150. The molecule has 19 heavy (non-hydrogen) atoms. The highest BCUT2D eigenvalue weighted by atomic mass is 16.7. The third-order valence-electron chi connectivity index (χ3n) is 3.01. The molecule has 1 aliphatic heterocycles. The lowest BCUT2D eigenvalue weighted by Gasteiger charge is -2.24. The SMILES string of the molecule is O=C(ON1CCOCC1)c1cnc2ccccc2c1. The molecule has 0 amide bonds. The van der Waals surface area contributed by atoms with E-state index in [9.17, 15) is 4.79 Å². The molecular formula is C14H14N2O3. The van der Waals surface area contributed by atoms with Crippen molar-refractivity contribution in [2.75, 3.05) is 26.3 Å².